The Bertz CT molecular complexity index is 496. The monoisotopic (exact) mass is 249 g/mol. The zero-order chi connectivity index (χ0) is 13.1. The first kappa shape index (κ1) is 12.8. The van der Waals surface area contributed by atoms with Crippen molar-refractivity contribution in [2.75, 3.05) is 27.2 Å². The lowest BCUT2D eigenvalue weighted by Crippen LogP contribution is -2.31. The van der Waals surface area contributed by atoms with Gasteiger partial charge in [-0.15, -0.1) is 0 Å². The molecule has 0 fully saturated rings. The number of halogens is 1. The summed E-state index contributed by atoms with van der Waals surface area (Å²) in [7, 11) is 3.28. The quantitative estimate of drug-likeness (QED) is 0.752. The summed E-state index contributed by atoms with van der Waals surface area (Å²) in [4.78, 5) is 13.8. The highest BCUT2D eigenvalue weighted by atomic mass is 19.1. The van der Waals surface area contributed by atoms with Crippen molar-refractivity contribution in [2.45, 2.75) is 6.42 Å². The van der Waals surface area contributed by atoms with Gasteiger partial charge in [0.1, 0.15) is 5.82 Å². The number of rotatable bonds is 2. The van der Waals surface area contributed by atoms with Crippen molar-refractivity contribution in [2.24, 2.45) is 0 Å². The third-order valence-corrected chi connectivity index (χ3v) is 3.17. The third-order valence-electron chi connectivity index (χ3n) is 3.17. The molecule has 0 bridgehead atoms. The molecule has 0 amide bonds. The molecule has 0 aromatic heterocycles. The highest BCUT2D eigenvalue weighted by Gasteiger charge is 2.24. The number of ether oxygens (including phenoxy) is 1. The molecule has 0 N–H and O–H groups in total. The van der Waals surface area contributed by atoms with Crippen LogP contribution in [0.5, 0.6) is 0 Å². The number of benzene rings is 1. The standard InChI is InChI=1S/C14H16FNO2/c1-16-8-7-10(12(9-16)14(17)18-2)11-5-3-4-6-13(11)15/h3-6H,7-9H2,1-2H3. The maximum atomic E-state index is 13.8. The first-order chi connectivity index (χ1) is 8.63. The fraction of sp³-hybridized carbons (Fsp3) is 0.357. The van der Waals surface area contributed by atoms with E-state index in [1.807, 2.05) is 11.9 Å². The van der Waals surface area contributed by atoms with Crippen molar-refractivity contribution in [1.82, 2.24) is 4.90 Å². The van der Waals surface area contributed by atoms with Crippen LogP contribution < -0.4 is 0 Å². The summed E-state index contributed by atoms with van der Waals surface area (Å²) in [5.41, 5.74) is 1.82. The number of nitrogens with zero attached hydrogens (tertiary/aromatic N) is 1. The largest absolute Gasteiger partial charge is 0.466 e. The number of esters is 1. The van der Waals surface area contributed by atoms with Crippen molar-refractivity contribution in [1.29, 1.82) is 0 Å². The van der Waals surface area contributed by atoms with Crippen LogP contribution in [0.25, 0.3) is 5.57 Å². The van der Waals surface area contributed by atoms with Gasteiger partial charge in [0.2, 0.25) is 0 Å². The molecule has 1 heterocycles. The molecule has 1 aliphatic rings. The van der Waals surface area contributed by atoms with E-state index in [1.54, 1.807) is 18.2 Å². The molecule has 1 aromatic carbocycles. The van der Waals surface area contributed by atoms with Crippen LogP contribution >= 0.6 is 0 Å². The van der Waals surface area contributed by atoms with E-state index in [1.165, 1.54) is 13.2 Å². The minimum absolute atomic E-state index is 0.293. The van der Waals surface area contributed by atoms with Crippen molar-refractivity contribution in [3.63, 3.8) is 0 Å². The predicted molar refractivity (Wildman–Crippen MR) is 67.5 cm³/mol. The van der Waals surface area contributed by atoms with Gasteiger partial charge in [-0.1, -0.05) is 18.2 Å². The molecule has 0 unspecified atom stereocenters. The first-order valence-electron chi connectivity index (χ1n) is 5.87. The van der Waals surface area contributed by atoms with Crippen LogP contribution in [-0.4, -0.2) is 38.1 Å². The van der Waals surface area contributed by atoms with Crippen LogP contribution in [0.3, 0.4) is 0 Å². The highest BCUT2D eigenvalue weighted by molar-refractivity contribution is 5.98. The summed E-state index contributed by atoms with van der Waals surface area (Å²) in [5, 5.41) is 0. The van der Waals surface area contributed by atoms with Crippen molar-refractivity contribution >= 4 is 11.5 Å². The van der Waals surface area contributed by atoms with Gasteiger partial charge in [0, 0.05) is 18.7 Å². The smallest absolute Gasteiger partial charge is 0.335 e. The number of likely N-dealkylation sites (N-methyl/N-ethyl adjacent to an activating group) is 1. The number of carbonyl (C=O) groups is 1. The maximum Gasteiger partial charge on any atom is 0.335 e. The topological polar surface area (TPSA) is 29.5 Å². The van der Waals surface area contributed by atoms with Crippen LogP contribution in [0.15, 0.2) is 29.8 Å². The second-order valence-electron chi connectivity index (χ2n) is 4.42. The van der Waals surface area contributed by atoms with Crippen molar-refractivity contribution in [3.8, 4) is 0 Å². The summed E-state index contributed by atoms with van der Waals surface area (Å²) in [5.74, 6) is -0.668. The second kappa shape index (κ2) is 5.31. The van der Waals surface area contributed by atoms with Gasteiger partial charge in [-0.3, -0.25) is 0 Å². The molecule has 18 heavy (non-hydrogen) atoms. The Labute approximate surface area is 106 Å². The van der Waals surface area contributed by atoms with Crippen LogP contribution in [0, 0.1) is 5.82 Å². The molecule has 1 aliphatic heterocycles. The van der Waals surface area contributed by atoms with E-state index in [9.17, 15) is 9.18 Å². The summed E-state index contributed by atoms with van der Waals surface area (Å²) in [6.07, 6.45) is 0.655. The molecule has 0 saturated carbocycles. The molecule has 1 aromatic rings. The molecule has 4 heteroatoms. The SMILES string of the molecule is COC(=O)C1=C(c2ccccc2F)CCN(C)C1. The number of methoxy groups -OCH3 is 1. The van der Waals surface area contributed by atoms with E-state index in [4.69, 9.17) is 4.74 Å². The highest BCUT2D eigenvalue weighted by Crippen LogP contribution is 2.29. The molecule has 96 valence electrons. The molecule has 0 atom stereocenters. The molecular formula is C14H16FNO2. The minimum Gasteiger partial charge on any atom is -0.466 e. The van der Waals surface area contributed by atoms with E-state index < -0.39 is 0 Å². The Kier molecular flexibility index (Phi) is 3.77. The second-order valence-corrected chi connectivity index (χ2v) is 4.42. The van der Waals surface area contributed by atoms with E-state index in [2.05, 4.69) is 0 Å². The summed E-state index contributed by atoms with van der Waals surface area (Å²) in [6.45, 7) is 1.31. The Morgan fingerprint density at radius 2 is 2.11 bits per heavy atom. The van der Waals surface area contributed by atoms with Gasteiger partial charge in [0.05, 0.1) is 12.7 Å². The lowest BCUT2D eigenvalue weighted by atomic mass is 9.93. The molecule has 3 nitrogen and oxygen atoms in total. The number of hydrogen-bond donors (Lipinski definition) is 0. The Hall–Kier alpha value is -1.68. The van der Waals surface area contributed by atoms with Crippen molar-refractivity contribution < 1.29 is 13.9 Å². The van der Waals surface area contributed by atoms with Gasteiger partial charge in [0.15, 0.2) is 0 Å². The average Bonchev–Trinajstić information content (AvgIpc) is 2.39. The molecule has 0 spiro atoms. The molecule has 0 saturated heterocycles. The predicted octanol–water partition coefficient (Wildman–Crippen LogP) is 2.09. The van der Waals surface area contributed by atoms with Crippen LogP contribution in [0.2, 0.25) is 0 Å². The summed E-state index contributed by atoms with van der Waals surface area (Å²) < 4.78 is 18.6. The third kappa shape index (κ3) is 2.43. The van der Waals surface area contributed by atoms with E-state index in [0.29, 0.717) is 24.1 Å². The Balaban J connectivity index is 2.50. The summed E-state index contributed by atoms with van der Waals surface area (Å²) >= 11 is 0. The summed E-state index contributed by atoms with van der Waals surface area (Å²) in [6, 6.07) is 6.54. The van der Waals surface area contributed by atoms with Gasteiger partial charge in [-0.2, -0.15) is 0 Å². The Morgan fingerprint density at radius 3 is 2.78 bits per heavy atom. The van der Waals surface area contributed by atoms with E-state index >= 15 is 0 Å². The normalized spacial score (nSPS) is 16.8. The van der Waals surface area contributed by atoms with Gasteiger partial charge < -0.3 is 9.64 Å². The van der Waals surface area contributed by atoms with E-state index in [0.717, 1.165) is 12.1 Å². The lowest BCUT2D eigenvalue weighted by Gasteiger charge is -2.26. The van der Waals surface area contributed by atoms with Gasteiger partial charge in [-0.05, 0) is 25.1 Å². The van der Waals surface area contributed by atoms with E-state index in [-0.39, 0.29) is 11.8 Å². The fourth-order valence-electron chi connectivity index (χ4n) is 2.21. The zero-order valence-electron chi connectivity index (χ0n) is 10.6. The maximum absolute atomic E-state index is 13.8. The minimum atomic E-state index is -0.375. The van der Waals surface area contributed by atoms with Crippen LogP contribution in [-0.2, 0) is 9.53 Å². The van der Waals surface area contributed by atoms with Crippen LogP contribution in [0.1, 0.15) is 12.0 Å². The average molecular weight is 249 g/mol. The fourth-order valence-corrected chi connectivity index (χ4v) is 2.21. The van der Waals surface area contributed by atoms with Gasteiger partial charge >= 0.3 is 5.97 Å². The number of hydrogen-bond acceptors (Lipinski definition) is 3. The van der Waals surface area contributed by atoms with Gasteiger partial charge in [-0.25, -0.2) is 9.18 Å². The zero-order valence-corrected chi connectivity index (χ0v) is 10.6. The van der Waals surface area contributed by atoms with Crippen molar-refractivity contribution in [3.05, 3.63) is 41.2 Å². The van der Waals surface area contributed by atoms with Crippen LogP contribution in [0.4, 0.5) is 4.39 Å². The molecule has 0 radical (unpaired) electrons. The molecular weight excluding hydrogens is 233 g/mol. The number of carbonyl (C=O) groups excluding carboxylic acids is 1. The Morgan fingerprint density at radius 1 is 1.39 bits per heavy atom. The lowest BCUT2D eigenvalue weighted by molar-refractivity contribution is -0.136. The van der Waals surface area contributed by atoms with Gasteiger partial charge in [0.25, 0.3) is 0 Å². The first-order valence-corrected chi connectivity index (χ1v) is 5.87. The molecule has 0 aliphatic carbocycles. The molecule has 2 rings (SSSR count).